The average Bonchev–Trinajstić information content (AvgIpc) is 2.40. The molecule has 0 saturated carbocycles. The highest BCUT2D eigenvalue weighted by Gasteiger charge is 2.10. The van der Waals surface area contributed by atoms with Gasteiger partial charge in [-0.15, -0.1) is 0 Å². The van der Waals surface area contributed by atoms with Gasteiger partial charge in [-0.2, -0.15) is 0 Å². The largest absolute Gasteiger partial charge is 0.478 e. The maximum atomic E-state index is 10.9. The molecule has 0 bridgehead atoms. The van der Waals surface area contributed by atoms with E-state index in [2.05, 4.69) is 19.1 Å². The van der Waals surface area contributed by atoms with Crippen LogP contribution in [0.4, 0.5) is 11.4 Å². The smallest absolute Gasteiger partial charge is 0.337 e. The first-order chi connectivity index (χ1) is 9.49. The Balaban J connectivity index is 2.22. The summed E-state index contributed by atoms with van der Waals surface area (Å²) in [5, 5.41) is 8.97. The highest BCUT2D eigenvalue weighted by molar-refractivity contribution is 5.94. The molecule has 0 fully saturated rings. The SMILES string of the molecule is Cc1ccccc1CN(C)c1ccc(C(=O)O)c(N)c1. The average molecular weight is 270 g/mol. The molecule has 3 N–H and O–H groups in total. The number of carboxylic acid groups (broad SMARTS) is 1. The summed E-state index contributed by atoms with van der Waals surface area (Å²) < 4.78 is 0. The van der Waals surface area contributed by atoms with Crippen molar-refractivity contribution >= 4 is 17.3 Å². The molecule has 2 aromatic rings. The van der Waals surface area contributed by atoms with E-state index in [1.54, 1.807) is 18.2 Å². The van der Waals surface area contributed by atoms with Crippen molar-refractivity contribution in [1.82, 2.24) is 0 Å². The lowest BCUT2D eigenvalue weighted by Gasteiger charge is -2.21. The first kappa shape index (κ1) is 13.9. The Labute approximate surface area is 118 Å². The third kappa shape index (κ3) is 2.91. The summed E-state index contributed by atoms with van der Waals surface area (Å²) in [5.74, 6) is -1.00. The molecule has 0 heterocycles. The van der Waals surface area contributed by atoms with Crippen LogP contribution in [0.2, 0.25) is 0 Å². The number of hydrogen-bond donors (Lipinski definition) is 2. The highest BCUT2D eigenvalue weighted by atomic mass is 16.4. The number of benzene rings is 2. The molecule has 0 unspecified atom stereocenters. The van der Waals surface area contributed by atoms with E-state index < -0.39 is 5.97 Å². The Bertz CT molecular complexity index is 638. The number of carboxylic acids is 1. The van der Waals surface area contributed by atoms with Crippen LogP contribution in [0.3, 0.4) is 0 Å². The fourth-order valence-corrected chi connectivity index (χ4v) is 2.12. The Morgan fingerprint density at radius 2 is 1.95 bits per heavy atom. The topological polar surface area (TPSA) is 66.6 Å². The van der Waals surface area contributed by atoms with Gasteiger partial charge in [0.05, 0.1) is 5.56 Å². The maximum Gasteiger partial charge on any atom is 0.337 e. The zero-order valence-corrected chi connectivity index (χ0v) is 11.6. The number of rotatable bonds is 4. The summed E-state index contributed by atoms with van der Waals surface area (Å²) in [5.41, 5.74) is 9.56. The van der Waals surface area contributed by atoms with Crippen LogP contribution >= 0.6 is 0 Å². The van der Waals surface area contributed by atoms with Crippen molar-refractivity contribution in [3.8, 4) is 0 Å². The summed E-state index contributed by atoms with van der Waals surface area (Å²) >= 11 is 0. The molecule has 4 heteroatoms. The molecule has 4 nitrogen and oxygen atoms in total. The van der Waals surface area contributed by atoms with Gasteiger partial charge in [-0.3, -0.25) is 0 Å². The van der Waals surface area contributed by atoms with Crippen LogP contribution in [-0.4, -0.2) is 18.1 Å². The Morgan fingerprint density at radius 1 is 1.25 bits per heavy atom. The minimum atomic E-state index is -1.00. The zero-order valence-electron chi connectivity index (χ0n) is 11.6. The maximum absolute atomic E-state index is 10.9. The molecule has 20 heavy (non-hydrogen) atoms. The fourth-order valence-electron chi connectivity index (χ4n) is 2.12. The molecule has 0 atom stereocenters. The van der Waals surface area contributed by atoms with Crippen molar-refractivity contribution in [2.45, 2.75) is 13.5 Å². The third-order valence-electron chi connectivity index (χ3n) is 3.38. The predicted octanol–water partition coefficient (Wildman–Crippen LogP) is 2.91. The van der Waals surface area contributed by atoms with Crippen LogP contribution in [0.25, 0.3) is 0 Å². The van der Waals surface area contributed by atoms with Crippen molar-refractivity contribution in [3.63, 3.8) is 0 Å². The van der Waals surface area contributed by atoms with Crippen molar-refractivity contribution in [2.75, 3.05) is 17.7 Å². The monoisotopic (exact) mass is 270 g/mol. The van der Waals surface area contributed by atoms with Crippen molar-refractivity contribution < 1.29 is 9.90 Å². The van der Waals surface area contributed by atoms with Crippen molar-refractivity contribution in [3.05, 3.63) is 59.2 Å². The number of aryl methyl sites for hydroxylation is 1. The molecular formula is C16H18N2O2. The molecule has 0 aromatic heterocycles. The van der Waals surface area contributed by atoms with E-state index in [0.717, 1.165) is 12.2 Å². The summed E-state index contributed by atoms with van der Waals surface area (Å²) in [6.07, 6.45) is 0. The van der Waals surface area contributed by atoms with Crippen LogP contribution in [0.15, 0.2) is 42.5 Å². The summed E-state index contributed by atoms with van der Waals surface area (Å²) in [6.45, 7) is 2.82. The lowest BCUT2D eigenvalue weighted by molar-refractivity contribution is 0.0698. The molecule has 0 aliphatic rings. The number of carbonyl (C=O) groups is 1. The highest BCUT2D eigenvalue weighted by Crippen LogP contribution is 2.22. The van der Waals surface area contributed by atoms with Gasteiger partial charge in [0, 0.05) is 25.0 Å². The van der Waals surface area contributed by atoms with Crippen molar-refractivity contribution in [1.29, 1.82) is 0 Å². The second kappa shape index (κ2) is 5.65. The second-order valence-electron chi connectivity index (χ2n) is 4.86. The van der Waals surface area contributed by atoms with E-state index in [0.29, 0.717) is 0 Å². The van der Waals surface area contributed by atoms with Crippen molar-refractivity contribution in [2.24, 2.45) is 0 Å². The predicted molar refractivity (Wildman–Crippen MR) is 81.1 cm³/mol. The van der Waals surface area contributed by atoms with E-state index in [1.165, 1.54) is 11.1 Å². The molecule has 0 saturated heterocycles. The van der Waals surface area contributed by atoms with Gasteiger partial charge in [-0.05, 0) is 36.2 Å². The van der Waals surface area contributed by atoms with E-state index in [-0.39, 0.29) is 11.3 Å². The minimum Gasteiger partial charge on any atom is -0.478 e. The van der Waals surface area contributed by atoms with Gasteiger partial charge in [0.15, 0.2) is 0 Å². The summed E-state index contributed by atoms with van der Waals surface area (Å²) in [6, 6.07) is 13.2. The van der Waals surface area contributed by atoms with Crippen LogP contribution in [0.5, 0.6) is 0 Å². The van der Waals surface area contributed by atoms with Gasteiger partial charge in [-0.25, -0.2) is 4.79 Å². The zero-order chi connectivity index (χ0) is 14.7. The first-order valence-electron chi connectivity index (χ1n) is 6.37. The molecular weight excluding hydrogens is 252 g/mol. The van der Waals surface area contributed by atoms with Gasteiger partial charge in [-0.1, -0.05) is 24.3 Å². The molecule has 0 spiro atoms. The van der Waals surface area contributed by atoms with Crippen LogP contribution in [0, 0.1) is 6.92 Å². The number of aromatic carboxylic acids is 1. The number of nitrogens with zero attached hydrogens (tertiary/aromatic N) is 1. The minimum absolute atomic E-state index is 0.137. The molecule has 104 valence electrons. The molecule has 0 radical (unpaired) electrons. The van der Waals surface area contributed by atoms with E-state index in [1.807, 2.05) is 24.1 Å². The second-order valence-corrected chi connectivity index (χ2v) is 4.86. The first-order valence-corrected chi connectivity index (χ1v) is 6.37. The lowest BCUT2D eigenvalue weighted by atomic mass is 10.1. The Kier molecular flexibility index (Phi) is 3.94. The Morgan fingerprint density at radius 3 is 2.55 bits per heavy atom. The summed E-state index contributed by atoms with van der Waals surface area (Å²) in [4.78, 5) is 13.0. The van der Waals surface area contributed by atoms with Gasteiger partial charge >= 0.3 is 5.97 Å². The normalized spacial score (nSPS) is 10.3. The number of nitrogens with two attached hydrogens (primary N) is 1. The Hall–Kier alpha value is -2.49. The summed E-state index contributed by atoms with van der Waals surface area (Å²) in [7, 11) is 1.96. The van der Waals surface area contributed by atoms with Crippen LogP contribution in [-0.2, 0) is 6.54 Å². The van der Waals surface area contributed by atoms with Crippen LogP contribution < -0.4 is 10.6 Å². The molecule has 0 aliphatic heterocycles. The van der Waals surface area contributed by atoms with Gasteiger partial charge < -0.3 is 15.7 Å². The number of hydrogen-bond acceptors (Lipinski definition) is 3. The van der Waals surface area contributed by atoms with E-state index >= 15 is 0 Å². The molecule has 2 rings (SSSR count). The van der Waals surface area contributed by atoms with Gasteiger partial charge in [0.25, 0.3) is 0 Å². The molecule has 2 aromatic carbocycles. The molecule has 0 amide bonds. The number of nitrogen functional groups attached to an aromatic ring is 1. The molecule has 0 aliphatic carbocycles. The van der Waals surface area contributed by atoms with E-state index in [9.17, 15) is 4.79 Å². The lowest BCUT2D eigenvalue weighted by Crippen LogP contribution is -2.17. The number of anilines is 2. The fraction of sp³-hybridized carbons (Fsp3) is 0.188. The standard InChI is InChI=1S/C16H18N2O2/c1-11-5-3-4-6-12(11)10-18(2)13-7-8-14(16(19)20)15(17)9-13/h3-9H,10,17H2,1-2H3,(H,19,20). The van der Waals surface area contributed by atoms with E-state index in [4.69, 9.17) is 10.8 Å². The van der Waals surface area contributed by atoms with Crippen LogP contribution in [0.1, 0.15) is 21.5 Å². The third-order valence-corrected chi connectivity index (χ3v) is 3.38. The quantitative estimate of drug-likeness (QED) is 0.838. The van der Waals surface area contributed by atoms with Gasteiger partial charge in [0.2, 0.25) is 0 Å². The van der Waals surface area contributed by atoms with Gasteiger partial charge in [0.1, 0.15) is 0 Å².